The number of rotatable bonds is 6. The molecule has 1 aromatic carbocycles. The second-order valence-electron chi connectivity index (χ2n) is 5.44. The summed E-state index contributed by atoms with van der Waals surface area (Å²) in [5.74, 6) is 0. The van der Waals surface area contributed by atoms with Crippen LogP contribution in [-0.4, -0.2) is 43.8 Å². The molecule has 0 saturated heterocycles. The lowest BCUT2D eigenvalue weighted by Gasteiger charge is -2.34. The average Bonchev–Trinajstić information content (AvgIpc) is 2.44. The fourth-order valence-electron chi connectivity index (χ4n) is 2.90. The molecule has 3 nitrogen and oxygen atoms in total. The van der Waals surface area contributed by atoms with Crippen molar-refractivity contribution in [3.63, 3.8) is 0 Å². The Labute approximate surface area is 116 Å². The number of nitrogens with zero attached hydrogens (tertiary/aromatic N) is 1. The maximum absolute atomic E-state index is 5.27. The summed E-state index contributed by atoms with van der Waals surface area (Å²) in [5.41, 5.74) is 2.95. The molecule has 0 spiro atoms. The van der Waals surface area contributed by atoms with Crippen LogP contribution >= 0.6 is 0 Å². The van der Waals surface area contributed by atoms with Crippen molar-refractivity contribution < 1.29 is 4.74 Å². The van der Waals surface area contributed by atoms with Crippen molar-refractivity contribution in [1.29, 1.82) is 0 Å². The normalized spacial score (nSPS) is 20.3. The second-order valence-corrected chi connectivity index (χ2v) is 5.44. The van der Waals surface area contributed by atoms with Gasteiger partial charge in [0.25, 0.3) is 0 Å². The first-order chi connectivity index (χ1) is 9.24. The van der Waals surface area contributed by atoms with Gasteiger partial charge in [0.2, 0.25) is 0 Å². The Morgan fingerprint density at radius 1 is 1.37 bits per heavy atom. The molecule has 1 aliphatic rings. The van der Waals surface area contributed by atoms with Gasteiger partial charge in [-0.2, -0.15) is 0 Å². The predicted molar refractivity (Wildman–Crippen MR) is 79.4 cm³/mol. The van der Waals surface area contributed by atoms with E-state index in [0.29, 0.717) is 12.1 Å². The molecule has 19 heavy (non-hydrogen) atoms. The molecular formula is C16H26N2O. The Hall–Kier alpha value is -0.900. The zero-order chi connectivity index (χ0) is 13.7. The van der Waals surface area contributed by atoms with Crippen LogP contribution in [0.3, 0.4) is 0 Å². The zero-order valence-electron chi connectivity index (χ0n) is 12.4. The summed E-state index contributed by atoms with van der Waals surface area (Å²) in [5, 5.41) is 3.65. The molecular weight excluding hydrogens is 236 g/mol. The van der Waals surface area contributed by atoms with Crippen LogP contribution in [0, 0.1) is 0 Å². The van der Waals surface area contributed by atoms with Gasteiger partial charge >= 0.3 is 0 Å². The van der Waals surface area contributed by atoms with Gasteiger partial charge < -0.3 is 10.1 Å². The van der Waals surface area contributed by atoms with Crippen LogP contribution in [0.1, 0.15) is 25.0 Å². The van der Waals surface area contributed by atoms with E-state index in [4.69, 9.17) is 4.74 Å². The zero-order valence-corrected chi connectivity index (χ0v) is 12.4. The van der Waals surface area contributed by atoms with Crippen molar-refractivity contribution >= 4 is 0 Å². The van der Waals surface area contributed by atoms with Crippen molar-refractivity contribution in [1.82, 2.24) is 10.2 Å². The van der Waals surface area contributed by atoms with E-state index in [1.807, 2.05) is 0 Å². The highest BCUT2D eigenvalue weighted by Crippen LogP contribution is 2.17. The molecule has 0 aliphatic carbocycles. The van der Waals surface area contributed by atoms with E-state index in [9.17, 15) is 0 Å². The summed E-state index contributed by atoms with van der Waals surface area (Å²) in [6.45, 7) is 8.43. The smallest absolute Gasteiger partial charge is 0.0615 e. The van der Waals surface area contributed by atoms with E-state index in [1.54, 1.807) is 7.11 Å². The lowest BCUT2D eigenvalue weighted by Crippen LogP contribution is -2.48. The van der Waals surface area contributed by atoms with Crippen molar-refractivity contribution in [3.8, 4) is 0 Å². The minimum Gasteiger partial charge on any atom is -0.383 e. The second kappa shape index (κ2) is 7.04. The molecule has 0 aromatic heterocycles. The van der Waals surface area contributed by atoms with Gasteiger partial charge in [-0.3, -0.25) is 4.90 Å². The van der Waals surface area contributed by atoms with Crippen LogP contribution in [0.2, 0.25) is 0 Å². The van der Waals surface area contributed by atoms with Gasteiger partial charge in [0.05, 0.1) is 6.61 Å². The first-order valence-corrected chi connectivity index (χ1v) is 7.27. The number of fused-ring (bicyclic) bond motifs is 1. The summed E-state index contributed by atoms with van der Waals surface area (Å²) in [4.78, 5) is 2.50. The maximum Gasteiger partial charge on any atom is 0.0615 e. The summed E-state index contributed by atoms with van der Waals surface area (Å²) in [7, 11) is 1.78. The summed E-state index contributed by atoms with van der Waals surface area (Å²) >= 11 is 0. The molecule has 1 N–H and O–H groups in total. The van der Waals surface area contributed by atoms with Crippen molar-refractivity contribution in [2.24, 2.45) is 0 Å². The molecule has 2 unspecified atom stereocenters. The Balaban J connectivity index is 1.93. The van der Waals surface area contributed by atoms with Crippen molar-refractivity contribution in [3.05, 3.63) is 35.4 Å². The fraction of sp³-hybridized carbons (Fsp3) is 0.625. The van der Waals surface area contributed by atoms with Gasteiger partial charge in [-0.25, -0.2) is 0 Å². The van der Waals surface area contributed by atoms with Gasteiger partial charge in [-0.1, -0.05) is 31.2 Å². The standard InChI is InChI=1S/C16H26N2O/c1-4-18(13(2)12-19-3)11-16-9-14-7-5-6-8-15(14)10-17-16/h5-8,13,16-17H,4,9-12H2,1-3H3. The Kier molecular flexibility index (Phi) is 5.37. The monoisotopic (exact) mass is 262 g/mol. The number of methoxy groups -OCH3 is 1. The fourth-order valence-corrected chi connectivity index (χ4v) is 2.90. The SMILES string of the molecule is CCN(CC1Cc2ccccc2CN1)C(C)COC. The molecule has 106 valence electrons. The third-order valence-corrected chi connectivity index (χ3v) is 4.06. The lowest BCUT2D eigenvalue weighted by molar-refractivity contribution is 0.0948. The van der Waals surface area contributed by atoms with Crippen LogP contribution in [0.15, 0.2) is 24.3 Å². The maximum atomic E-state index is 5.27. The molecule has 2 atom stereocenters. The van der Waals surface area contributed by atoms with Gasteiger partial charge in [0.1, 0.15) is 0 Å². The van der Waals surface area contributed by atoms with Crippen LogP contribution < -0.4 is 5.32 Å². The van der Waals surface area contributed by atoms with Crippen LogP contribution in [-0.2, 0) is 17.7 Å². The van der Waals surface area contributed by atoms with E-state index in [0.717, 1.165) is 32.7 Å². The van der Waals surface area contributed by atoms with Gasteiger partial charge in [-0.05, 0) is 31.0 Å². The van der Waals surface area contributed by atoms with Gasteiger partial charge in [0, 0.05) is 32.3 Å². The lowest BCUT2D eigenvalue weighted by atomic mass is 9.95. The number of hydrogen-bond donors (Lipinski definition) is 1. The summed E-state index contributed by atoms with van der Waals surface area (Å²) < 4.78 is 5.27. The highest BCUT2D eigenvalue weighted by atomic mass is 16.5. The number of hydrogen-bond acceptors (Lipinski definition) is 3. The number of likely N-dealkylation sites (N-methyl/N-ethyl adjacent to an activating group) is 1. The largest absolute Gasteiger partial charge is 0.383 e. The first kappa shape index (κ1) is 14.5. The van der Waals surface area contributed by atoms with E-state index in [1.165, 1.54) is 11.1 Å². The number of benzene rings is 1. The minimum absolute atomic E-state index is 0.481. The van der Waals surface area contributed by atoms with Gasteiger partial charge in [0.15, 0.2) is 0 Å². The molecule has 1 heterocycles. The molecule has 0 bridgehead atoms. The van der Waals surface area contributed by atoms with Crippen LogP contribution in [0.5, 0.6) is 0 Å². The van der Waals surface area contributed by atoms with E-state index >= 15 is 0 Å². The molecule has 2 rings (SSSR count). The number of nitrogens with one attached hydrogen (secondary N) is 1. The van der Waals surface area contributed by atoms with Gasteiger partial charge in [-0.15, -0.1) is 0 Å². The quantitative estimate of drug-likeness (QED) is 0.849. The van der Waals surface area contributed by atoms with Crippen LogP contribution in [0.4, 0.5) is 0 Å². The topological polar surface area (TPSA) is 24.5 Å². The molecule has 0 radical (unpaired) electrons. The third kappa shape index (κ3) is 3.78. The van der Waals surface area contributed by atoms with Crippen molar-refractivity contribution in [2.45, 2.75) is 38.9 Å². The highest BCUT2D eigenvalue weighted by molar-refractivity contribution is 5.29. The minimum atomic E-state index is 0.481. The third-order valence-electron chi connectivity index (χ3n) is 4.06. The molecule has 0 amide bonds. The molecule has 0 saturated carbocycles. The average molecular weight is 262 g/mol. The van der Waals surface area contributed by atoms with Crippen LogP contribution in [0.25, 0.3) is 0 Å². The predicted octanol–water partition coefficient (Wildman–Crippen LogP) is 2.06. The number of ether oxygens (including phenoxy) is 1. The van der Waals surface area contributed by atoms with E-state index in [-0.39, 0.29) is 0 Å². The Bertz CT molecular complexity index is 394. The summed E-state index contributed by atoms with van der Waals surface area (Å²) in [6.07, 6.45) is 1.13. The highest BCUT2D eigenvalue weighted by Gasteiger charge is 2.21. The Morgan fingerprint density at radius 2 is 2.11 bits per heavy atom. The van der Waals surface area contributed by atoms with E-state index < -0.39 is 0 Å². The van der Waals surface area contributed by atoms with Crippen molar-refractivity contribution in [2.75, 3.05) is 26.8 Å². The molecule has 0 fully saturated rings. The molecule has 1 aliphatic heterocycles. The van der Waals surface area contributed by atoms with E-state index in [2.05, 4.69) is 48.3 Å². The Morgan fingerprint density at radius 3 is 2.79 bits per heavy atom. The molecule has 1 aromatic rings. The summed E-state index contributed by atoms with van der Waals surface area (Å²) in [6, 6.07) is 9.79. The first-order valence-electron chi connectivity index (χ1n) is 7.27. The molecule has 3 heteroatoms.